The third kappa shape index (κ3) is 4.19. The van der Waals surface area contributed by atoms with Crippen LogP contribution in [-0.4, -0.2) is 26.2 Å². The molecule has 0 amide bonds. The molecular formula is C11H14F3NO3S. The standard InChI is InChI=1S/C11H14F3NO3S/c1-2-9(7-16)15-19(17,18)10-5-3-4-8(6-10)11(12,13)14/h3-6,9,15-16H,2,7H2,1H3. The van der Waals surface area contributed by atoms with Gasteiger partial charge in [0.05, 0.1) is 17.1 Å². The van der Waals surface area contributed by atoms with Gasteiger partial charge in [0.2, 0.25) is 10.0 Å². The average molecular weight is 297 g/mol. The number of alkyl halides is 3. The van der Waals surface area contributed by atoms with Crippen molar-refractivity contribution in [2.75, 3.05) is 6.61 Å². The molecule has 0 aromatic heterocycles. The van der Waals surface area contributed by atoms with Gasteiger partial charge in [-0.25, -0.2) is 13.1 Å². The zero-order chi connectivity index (χ0) is 14.7. The number of nitrogens with one attached hydrogen (secondary N) is 1. The van der Waals surface area contributed by atoms with E-state index in [1.165, 1.54) is 0 Å². The van der Waals surface area contributed by atoms with Crippen molar-refractivity contribution in [2.24, 2.45) is 0 Å². The van der Waals surface area contributed by atoms with Gasteiger partial charge >= 0.3 is 6.18 Å². The van der Waals surface area contributed by atoms with Crippen LogP contribution in [0.2, 0.25) is 0 Å². The molecule has 0 fully saturated rings. The first-order chi connectivity index (χ1) is 8.70. The fourth-order valence-electron chi connectivity index (χ4n) is 1.38. The lowest BCUT2D eigenvalue weighted by atomic mass is 10.2. The summed E-state index contributed by atoms with van der Waals surface area (Å²) in [7, 11) is -4.08. The Morgan fingerprint density at radius 1 is 1.37 bits per heavy atom. The van der Waals surface area contributed by atoms with Gasteiger partial charge in [0.1, 0.15) is 0 Å². The predicted molar refractivity (Wildman–Crippen MR) is 62.9 cm³/mol. The van der Waals surface area contributed by atoms with Crippen LogP contribution in [0.5, 0.6) is 0 Å². The normalized spacial score (nSPS) is 14.4. The summed E-state index contributed by atoms with van der Waals surface area (Å²) in [5.74, 6) is 0. The van der Waals surface area contributed by atoms with Gasteiger partial charge in [-0.2, -0.15) is 13.2 Å². The molecule has 0 spiro atoms. The molecule has 8 heteroatoms. The van der Waals surface area contributed by atoms with E-state index in [9.17, 15) is 21.6 Å². The van der Waals surface area contributed by atoms with Crippen molar-refractivity contribution < 1.29 is 26.7 Å². The van der Waals surface area contributed by atoms with Crippen LogP contribution in [0.25, 0.3) is 0 Å². The van der Waals surface area contributed by atoms with E-state index in [4.69, 9.17) is 5.11 Å². The van der Waals surface area contributed by atoms with Gasteiger partial charge < -0.3 is 5.11 Å². The Bertz CT molecular complexity index is 524. The van der Waals surface area contributed by atoms with Crippen molar-refractivity contribution in [3.05, 3.63) is 29.8 Å². The van der Waals surface area contributed by atoms with Crippen molar-refractivity contribution in [2.45, 2.75) is 30.5 Å². The van der Waals surface area contributed by atoms with E-state index in [0.29, 0.717) is 12.5 Å². The minimum atomic E-state index is -4.60. The minimum Gasteiger partial charge on any atom is -0.395 e. The summed E-state index contributed by atoms with van der Waals surface area (Å²) in [4.78, 5) is -0.478. The molecule has 1 aromatic rings. The first-order valence-electron chi connectivity index (χ1n) is 5.51. The topological polar surface area (TPSA) is 66.4 Å². The SMILES string of the molecule is CCC(CO)NS(=O)(=O)c1cccc(C(F)(F)F)c1. The lowest BCUT2D eigenvalue weighted by Crippen LogP contribution is -2.36. The smallest absolute Gasteiger partial charge is 0.395 e. The maximum Gasteiger partial charge on any atom is 0.416 e. The summed E-state index contributed by atoms with van der Waals surface area (Å²) in [6, 6.07) is 2.73. The Kier molecular flexibility index (Phi) is 4.94. The van der Waals surface area contributed by atoms with E-state index in [-0.39, 0.29) is 0 Å². The lowest BCUT2D eigenvalue weighted by molar-refractivity contribution is -0.137. The van der Waals surface area contributed by atoms with Crippen LogP contribution in [0, 0.1) is 0 Å². The highest BCUT2D eigenvalue weighted by atomic mass is 32.2. The van der Waals surface area contributed by atoms with Crippen LogP contribution in [0.3, 0.4) is 0 Å². The second-order valence-corrected chi connectivity index (χ2v) is 5.65. The minimum absolute atomic E-state index is 0.328. The molecular weight excluding hydrogens is 283 g/mol. The molecule has 1 atom stereocenters. The number of hydrogen-bond donors (Lipinski definition) is 2. The molecule has 0 saturated carbocycles. The molecule has 0 heterocycles. The zero-order valence-corrected chi connectivity index (χ0v) is 10.9. The van der Waals surface area contributed by atoms with E-state index in [1.54, 1.807) is 6.92 Å². The quantitative estimate of drug-likeness (QED) is 0.870. The average Bonchev–Trinajstić information content (AvgIpc) is 2.35. The van der Waals surface area contributed by atoms with Crippen molar-refractivity contribution >= 4 is 10.0 Å². The Morgan fingerprint density at radius 2 is 2.00 bits per heavy atom. The maximum absolute atomic E-state index is 12.5. The second kappa shape index (κ2) is 5.89. The summed E-state index contributed by atoms with van der Waals surface area (Å²) in [6.07, 6.45) is -4.28. The van der Waals surface area contributed by atoms with E-state index in [2.05, 4.69) is 4.72 Å². The molecule has 0 radical (unpaired) electrons. The summed E-state index contributed by atoms with van der Waals surface area (Å²) in [6.45, 7) is 1.23. The largest absolute Gasteiger partial charge is 0.416 e. The van der Waals surface area contributed by atoms with Gasteiger partial charge in [-0.3, -0.25) is 0 Å². The van der Waals surface area contributed by atoms with Crippen molar-refractivity contribution in [1.82, 2.24) is 4.72 Å². The van der Waals surface area contributed by atoms with E-state index >= 15 is 0 Å². The Balaban J connectivity index is 3.09. The summed E-state index contributed by atoms with van der Waals surface area (Å²) in [5.41, 5.74) is -1.03. The van der Waals surface area contributed by atoms with Gasteiger partial charge in [0.25, 0.3) is 0 Å². The monoisotopic (exact) mass is 297 g/mol. The van der Waals surface area contributed by atoms with Crippen molar-refractivity contribution in [3.63, 3.8) is 0 Å². The molecule has 1 aromatic carbocycles. The van der Waals surface area contributed by atoms with Crippen LogP contribution in [0.15, 0.2) is 29.2 Å². The van der Waals surface area contributed by atoms with Crippen molar-refractivity contribution in [1.29, 1.82) is 0 Å². The summed E-state index contributed by atoms with van der Waals surface area (Å²) in [5, 5.41) is 8.91. The van der Waals surface area contributed by atoms with Crippen LogP contribution in [-0.2, 0) is 16.2 Å². The Morgan fingerprint density at radius 3 is 2.47 bits per heavy atom. The maximum atomic E-state index is 12.5. The van der Waals surface area contributed by atoms with Gasteiger partial charge in [-0.15, -0.1) is 0 Å². The number of sulfonamides is 1. The molecule has 1 unspecified atom stereocenters. The van der Waals surface area contributed by atoms with Crippen LogP contribution in [0.1, 0.15) is 18.9 Å². The Hall–Kier alpha value is -1.12. The van der Waals surface area contributed by atoms with Gasteiger partial charge in [-0.05, 0) is 24.6 Å². The molecule has 19 heavy (non-hydrogen) atoms. The second-order valence-electron chi connectivity index (χ2n) is 3.93. The molecule has 0 aliphatic carbocycles. The number of halogens is 3. The first-order valence-corrected chi connectivity index (χ1v) is 6.99. The summed E-state index contributed by atoms with van der Waals surface area (Å²) < 4.78 is 63.3. The highest BCUT2D eigenvalue weighted by molar-refractivity contribution is 7.89. The first kappa shape index (κ1) is 15.9. The Labute approximate surface area is 109 Å². The van der Waals surface area contributed by atoms with Gasteiger partial charge in [0, 0.05) is 6.04 Å². The van der Waals surface area contributed by atoms with E-state index < -0.39 is 39.3 Å². The third-order valence-electron chi connectivity index (χ3n) is 2.51. The number of hydrogen-bond acceptors (Lipinski definition) is 3. The van der Waals surface area contributed by atoms with Gasteiger partial charge in [-0.1, -0.05) is 13.0 Å². The van der Waals surface area contributed by atoms with Gasteiger partial charge in [0.15, 0.2) is 0 Å². The molecule has 0 aliphatic rings. The van der Waals surface area contributed by atoms with Crippen LogP contribution in [0.4, 0.5) is 13.2 Å². The molecule has 0 saturated heterocycles. The van der Waals surface area contributed by atoms with Crippen LogP contribution >= 0.6 is 0 Å². The third-order valence-corrected chi connectivity index (χ3v) is 4.02. The highest BCUT2D eigenvalue weighted by Gasteiger charge is 2.31. The lowest BCUT2D eigenvalue weighted by Gasteiger charge is -2.15. The molecule has 108 valence electrons. The summed E-state index contributed by atoms with van der Waals surface area (Å²) >= 11 is 0. The molecule has 4 nitrogen and oxygen atoms in total. The number of aliphatic hydroxyl groups is 1. The molecule has 2 N–H and O–H groups in total. The number of rotatable bonds is 5. The molecule has 0 bridgehead atoms. The number of benzene rings is 1. The highest BCUT2D eigenvalue weighted by Crippen LogP contribution is 2.30. The van der Waals surface area contributed by atoms with Crippen molar-refractivity contribution in [3.8, 4) is 0 Å². The van der Waals surface area contributed by atoms with E-state index in [1.807, 2.05) is 0 Å². The molecule has 1 rings (SSSR count). The van der Waals surface area contributed by atoms with E-state index in [0.717, 1.165) is 18.2 Å². The fraction of sp³-hybridized carbons (Fsp3) is 0.455. The fourth-order valence-corrected chi connectivity index (χ4v) is 2.73. The number of aliphatic hydroxyl groups excluding tert-OH is 1. The predicted octanol–water partition coefficient (Wildman–Crippen LogP) is 1.75. The zero-order valence-electron chi connectivity index (χ0n) is 10.1. The molecule has 0 aliphatic heterocycles. The van der Waals surface area contributed by atoms with Crippen LogP contribution < -0.4 is 4.72 Å².